The first-order valence-electron chi connectivity index (χ1n) is 21.5. The molecule has 1 heterocycles. The van der Waals surface area contributed by atoms with Crippen LogP contribution in [0.1, 0.15) is 136 Å². The second kappa shape index (κ2) is 36.5. The van der Waals surface area contributed by atoms with Crippen LogP contribution in [0.2, 0.25) is 0 Å². The van der Waals surface area contributed by atoms with Crippen LogP contribution in [0.4, 0.5) is 0 Å². The number of carbonyl (C=O) groups excluding carboxylic acids is 1. The molecule has 0 spiro atoms. The summed E-state index contributed by atoms with van der Waals surface area (Å²) in [6.45, 7) is 3.55. The van der Waals surface area contributed by atoms with Crippen LogP contribution in [0.5, 0.6) is 0 Å². The summed E-state index contributed by atoms with van der Waals surface area (Å²) >= 11 is 0. The Labute approximate surface area is 339 Å². The molecule has 1 rings (SSSR count). The van der Waals surface area contributed by atoms with Gasteiger partial charge in [-0.25, -0.2) is 0 Å². The van der Waals surface area contributed by atoms with E-state index in [-0.39, 0.29) is 12.5 Å². The Morgan fingerprint density at radius 3 is 1.64 bits per heavy atom. The van der Waals surface area contributed by atoms with Crippen molar-refractivity contribution in [2.24, 2.45) is 0 Å². The second-order valence-electron chi connectivity index (χ2n) is 14.4. The van der Waals surface area contributed by atoms with Gasteiger partial charge in [0.25, 0.3) is 0 Å². The van der Waals surface area contributed by atoms with Gasteiger partial charge in [0, 0.05) is 6.42 Å². The monoisotopic (exact) mass is 784 g/mol. The lowest BCUT2D eigenvalue weighted by Crippen LogP contribution is -2.60. The molecule has 0 aromatic carbocycles. The van der Waals surface area contributed by atoms with Crippen LogP contribution < -0.4 is 5.32 Å². The SMILES string of the molecule is CC/C=C\C/C=C\C/C=C\C/C=C\C/C=C\C/C=C\C/C=C\CCCCCC(=O)NC(COC1OC(CO)C(O)C(O)C1O)C(O)/C=C/CCCCCCCC. The number of aliphatic hydroxyl groups is 5. The van der Waals surface area contributed by atoms with Crippen LogP contribution in [0.3, 0.4) is 0 Å². The van der Waals surface area contributed by atoms with Crippen molar-refractivity contribution in [3.63, 3.8) is 0 Å². The van der Waals surface area contributed by atoms with Gasteiger partial charge in [-0.1, -0.05) is 150 Å². The summed E-state index contributed by atoms with van der Waals surface area (Å²) in [7, 11) is 0. The molecule has 0 radical (unpaired) electrons. The average Bonchev–Trinajstić information content (AvgIpc) is 3.20. The van der Waals surface area contributed by atoms with Gasteiger partial charge in [-0.15, -0.1) is 0 Å². The minimum atomic E-state index is -1.58. The van der Waals surface area contributed by atoms with E-state index in [0.29, 0.717) is 12.8 Å². The molecule has 56 heavy (non-hydrogen) atoms. The van der Waals surface area contributed by atoms with E-state index in [1.54, 1.807) is 6.08 Å². The predicted octanol–water partition coefficient (Wildman–Crippen LogP) is 8.55. The number of rotatable bonds is 33. The zero-order valence-electron chi connectivity index (χ0n) is 34.6. The molecular formula is C47H77NO8. The van der Waals surface area contributed by atoms with Gasteiger partial charge in [-0.2, -0.15) is 0 Å². The van der Waals surface area contributed by atoms with E-state index in [0.717, 1.165) is 83.5 Å². The van der Waals surface area contributed by atoms with Gasteiger partial charge in [0.05, 0.1) is 25.4 Å². The maximum absolute atomic E-state index is 12.9. The van der Waals surface area contributed by atoms with Gasteiger partial charge < -0.3 is 40.3 Å². The summed E-state index contributed by atoms with van der Waals surface area (Å²) < 4.78 is 11.1. The lowest BCUT2D eigenvalue weighted by molar-refractivity contribution is -0.302. The van der Waals surface area contributed by atoms with Crippen molar-refractivity contribution in [3.05, 3.63) is 97.2 Å². The molecule has 6 N–H and O–H groups in total. The molecule has 0 aliphatic carbocycles. The zero-order chi connectivity index (χ0) is 40.9. The Hall–Kier alpha value is -2.89. The van der Waals surface area contributed by atoms with Crippen molar-refractivity contribution < 1.29 is 39.8 Å². The first-order chi connectivity index (χ1) is 27.3. The normalized spacial score (nSPS) is 22.2. The topological polar surface area (TPSA) is 149 Å². The third-order valence-electron chi connectivity index (χ3n) is 9.41. The fraction of sp³-hybridized carbons (Fsp3) is 0.638. The van der Waals surface area contributed by atoms with E-state index in [4.69, 9.17) is 9.47 Å². The molecule has 0 aromatic heterocycles. The highest BCUT2D eigenvalue weighted by atomic mass is 16.7. The summed E-state index contributed by atoms with van der Waals surface area (Å²) in [4.78, 5) is 12.9. The van der Waals surface area contributed by atoms with E-state index in [9.17, 15) is 30.3 Å². The standard InChI is InChI=1S/C47H77NO8/c1-3-5-7-9-11-13-14-15-16-17-18-19-20-21-22-23-24-25-26-27-28-29-31-33-35-37-43(51)48-40(41(50)36-34-32-30-12-10-8-6-4-2)39-55-47-46(54)45(53)44(52)42(38-49)56-47/h5,7,11,13,15-16,18-19,21-22,24-25,27-28,34,36,40-42,44-47,49-50,52-54H,3-4,6,8-10,12,14,17,20,23,26,29-33,35,37-39H2,1-2H3,(H,48,51)/b7-5-,13-11-,16-15-,19-18-,22-21-,25-24-,28-27-,36-34+. The van der Waals surface area contributed by atoms with Crippen LogP contribution in [0.15, 0.2) is 97.2 Å². The molecule has 9 nitrogen and oxygen atoms in total. The van der Waals surface area contributed by atoms with Crippen molar-refractivity contribution >= 4 is 5.91 Å². The van der Waals surface area contributed by atoms with Crippen LogP contribution >= 0.6 is 0 Å². The number of ether oxygens (including phenoxy) is 2. The van der Waals surface area contributed by atoms with E-state index in [1.165, 1.54) is 25.7 Å². The molecular weight excluding hydrogens is 707 g/mol. The highest BCUT2D eigenvalue weighted by molar-refractivity contribution is 5.76. The molecule has 9 heteroatoms. The molecule has 0 bridgehead atoms. The van der Waals surface area contributed by atoms with Crippen LogP contribution in [0.25, 0.3) is 0 Å². The number of carbonyl (C=O) groups is 1. The molecule has 1 saturated heterocycles. The molecule has 1 fully saturated rings. The number of unbranched alkanes of at least 4 members (excludes halogenated alkanes) is 9. The smallest absolute Gasteiger partial charge is 0.220 e. The van der Waals surface area contributed by atoms with E-state index >= 15 is 0 Å². The van der Waals surface area contributed by atoms with Crippen molar-refractivity contribution in [2.75, 3.05) is 13.2 Å². The van der Waals surface area contributed by atoms with Crippen molar-refractivity contribution in [3.8, 4) is 0 Å². The molecule has 1 aliphatic rings. The number of allylic oxidation sites excluding steroid dienone is 15. The lowest BCUT2D eigenvalue weighted by Gasteiger charge is -2.40. The largest absolute Gasteiger partial charge is 0.394 e. The Morgan fingerprint density at radius 1 is 0.625 bits per heavy atom. The third-order valence-corrected chi connectivity index (χ3v) is 9.41. The number of amides is 1. The first kappa shape index (κ1) is 51.1. The van der Waals surface area contributed by atoms with E-state index in [1.807, 2.05) is 6.08 Å². The lowest BCUT2D eigenvalue weighted by atomic mass is 9.99. The highest BCUT2D eigenvalue weighted by Crippen LogP contribution is 2.22. The predicted molar refractivity (Wildman–Crippen MR) is 230 cm³/mol. The van der Waals surface area contributed by atoms with E-state index < -0.39 is 49.5 Å². The van der Waals surface area contributed by atoms with Crippen molar-refractivity contribution in [1.82, 2.24) is 5.32 Å². The highest BCUT2D eigenvalue weighted by Gasteiger charge is 2.44. The van der Waals surface area contributed by atoms with Gasteiger partial charge in [0.1, 0.15) is 24.4 Å². The van der Waals surface area contributed by atoms with Crippen LogP contribution in [0, 0.1) is 0 Å². The zero-order valence-corrected chi connectivity index (χ0v) is 34.6. The van der Waals surface area contributed by atoms with Crippen molar-refractivity contribution in [1.29, 1.82) is 0 Å². The fourth-order valence-electron chi connectivity index (χ4n) is 5.96. The van der Waals surface area contributed by atoms with Gasteiger partial charge >= 0.3 is 0 Å². The summed E-state index contributed by atoms with van der Waals surface area (Å²) in [5.41, 5.74) is 0. The maximum atomic E-state index is 12.9. The molecule has 0 aromatic rings. The molecule has 1 amide bonds. The molecule has 0 saturated carbocycles. The maximum Gasteiger partial charge on any atom is 0.220 e. The Balaban J connectivity index is 2.33. The first-order valence-corrected chi connectivity index (χ1v) is 21.5. The van der Waals surface area contributed by atoms with Gasteiger partial charge in [0.2, 0.25) is 5.91 Å². The summed E-state index contributed by atoms with van der Waals surface area (Å²) in [5.74, 6) is -0.219. The molecule has 318 valence electrons. The Kier molecular flexibility index (Phi) is 33.3. The van der Waals surface area contributed by atoms with Gasteiger partial charge in [-0.05, 0) is 77.0 Å². The Bertz CT molecular complexity index is 1190. The molecule has 7 atom stereocenters. The number of nitrogens with one attached hydrogen (secondary N) is 1. The number of aliphatic hydroxyl groups excluding tert-OH is 5. The second-order valence-corrected chi connectivity index (χ2v) is 14.4. The average molecular weight is 784 g/mol. The number of hydrogen-bond donors (Lipinski definition) is 6. The number of hydrogen-bond acceptors (Lipinski definition) is 8. The van der Waals surface area contributed by atoms with Crippen LogP contribution in [-0.2, 0) is 14.3 Å². The summed E-state index contributed by atoms with van der Waals surface area (Å²) in [5, 5.41) is 53.8. The fourth-order valence-corrected chi connectivity index (χ4v) is 5.96. The van der Waals surface area contributed by atoms with Gasteiger partial charge in [-0.3, -0.25) is 4.79 Å². The summed E-state index contributed by atoms with van der Waals surface area (Å²) in [6, 6.07) is -0.826. The molecule has 7 unspecified atom stereocenters. The van der Waals surface area contributed by atoms with Crippen LogP contribution in [-0.4, -0.2) is 87.5 Å². The minimum absolute atomic E-state index is 0.210. The minimum Gasteiger partial charge on any atom is -0.394 e. The van der Waals surface area contributed by atoms with Gasteiger partial charge in [0.15, 0.2) is 6.29 Å². The summed E-state index contributed by atoms with van der Waals surface area (Å²) in [6.07, 6.45) is 44.6. The Morgan fingerprint density at radius 2 is 1.11 bits per heavy atom. The van der Waals surface area contributed by atoms with E-state index in [2.05, 4.69) is 104 Å². The third kappa shape index (κ3) is 26.9. The quantitative estimate of drug-likeness (QED) is 0.0287. The van der Waals surface area contributed by atoms with Crippen molar-refractivity contribution in [2.45, 2.75) is 179 Å². The molecule has 1 aliphatic heterocycles.